The van der Waals surface area contributed by atoms with Crippen molar-refractivity contribution < 1.29 is 39.8 Å². The fraction of sp³-hybridized carbons (Fsp3) is 0.889. The van der Waals surface area contributed by atoms with Gasteiger partial charge in [0.2, 0.25) is 5.91 Å². The summed E-state index contributed by atoms with van der Waals surface area (Å²) in [4.78, 5) is 13.1. The lowest BCUT2D eigenvalue weighted by molar-refractivity contribution is -0.302. The van der Waals surface area contributed by atoms with Gasteiger partial charge in [-0.05, 0) is 51.4 Å². The normalized spacial score (nSPS) is 19.3. The number of rotatable bonds is 54. The third-order valence-electron chi connectivity index (χ3n) is 15.0. The Balaban J connectivity index is 2.17. The molecule has 1 fully saturated rings. The van der Waals surface area contributed by atoms with Crippen molar-refractivity contribution in [2.24, 2.45) is 0 Å². The van der Waals surface area contributed by atoms with E-state index in [2.05, 4.69) is 43.5 Å². The molecule has 0 radical (unpaired) electrons. The van der Waals surface area contributed by atoms with E-state index in [4.69, 9.17) is 9.47 Å². The molecule has 9 nitrogen and oxygen atoms in total. The van der Waals surface area contributed by atoms with Crippen LogP contribution in [0.3, 0.4) is 0 Å². The van der Waals surface area contributed by atoms with Crippen LogP contribution >= 0.6 is 0 Å². The molecule has 0 aromatic heterocycles. The van der Waals surface area contributed by atoms with Gasteiger partial charge in [-0.3, -0.25) is 4.79 Å². The van der Waals surface area contributed by atoms with E-state index in [1.807, 2.05) is 6.08 Å². The van der Waals surface area contributed by atoms with Gasteiger partial charge in [-0.25, -0.2) is 0 Å². The molecular formula is C63H119NO8. The topological polar surface area (TPSA) is 149 Å². The quantitative estimate of drug-likeness (QED) is 0.0261. The van der Waals surface area contributed by atoms with Crippen LogP contribution in [0.4, 0.5) is 0 Å². The lowest BCUT2D eigenvalue weighted by atomic mass is 9.99. The van der Waals surface area contributed by atoms with Gasteiger partial charge < -0.3 is 40.3 Å². The molecule has 9 heteroatoms. The van der Waals surface area contributed by atoms with E-state index in [1.54, 1.807) is 6.08 Å². The van der Waals surface area contributed by atoms with Gasteiger partial charge in [0.25, 0.3) is 0 Å². The second-order valence-corrected chi connectivity index (χ2v) is 21.9. The summed E-state index contributed by atoms with van der Waals surface area (Å²) in [6.07, 6.45) is 62.2. The summed E-state index contributed by atoms with van der Waals surface area (Å²) in [5.74, 6) is -0.172. The average Bonchev–Trinajstić information content (AvgIpc) is 3.38. The first-order chi connectivity index (χ1) is 35.3. The number of unbranched alkanes of at least 4 members (excludes halogenated alkanes) is 40. The second-order valence-electron chi connectivity index (χ2n) is 21.9. The molecule has 0 aromatic carbocycles. The van der Waals surface area contributed by atoms with Gasteiger partial charge in [0.1, 0.15) is 24.4 Å². The number of aliphatic hydroxyl groups is 5. The number of carbonyl (C=O) groups excluding carboxylic acids is 1. The molecule has 0 aromatic rings. The molecule has 424 valence electrons. The summed E-state index contributed by atoms with van der Waals surface area (Å²) in [5, 5.41) is 54.6. The molecule has 6 N–H and O–H groups in total. The van der Waals surface area contributed by atoms with E-state index in [9.17, 15) is 30.3 Å². The smallest absolute Gasteiger partial charge is 0.220 e. The Labute approximate surface area is 444 Å². The van der Waals surface area contributed by atoms with Crippen molar-refractivity contribution in [3.05, 3.63) is 36.5 Å². The lowest BCUT2D eigenvalue weighted by Gasteiger charge is -2.40. The van der Waals surface area contributed by atoms with Crippen LogP contribution in [-0.2, 0) is 14.3 Å². The number of amides is 1. The molecule has 0 bridgehead atoms. The first-order valence-corrected chi connectivity index (χ1v) is 31.2. The average molecular weight is 1020 g/mol. The molecule has 1 saturated heterocycles. The summed E-state index contributed by atoms with van der Waals surface area (Å²) >= 11 is 0. The lowest BCUT2D eigenvalue weighted by Crippen LogP contribution is -2.60. The van der Waals surface area contributed by atoms with Crippen molar-refractivity contribution in [2.45, 2.75) is 346 Å². The van der Waals surface area contributed by atoms with Crippen molar-refractivity contribution in [3.63, 3.8) is 0 Å². The molecule has 0 aliphatic carbocycles. The number of hydrogen-bond acceptors (Lipinski definition) is 8. The highest BCUT2D eigenvalue weighted by molar-refractivity contribution is 5.76. The largest absolute Gasteiger partial charge is 0.394 e. The van der Waals surface area contributed by atoms with Crippen LogP contribution in [-0.4, -0.2) is 87.5 Å². The summed E-state index contributed by atoms with van der Waals surface area (Å²) in [6, 6.07) is -0.804. The number of aliphatic hydroxyl groups excluding tert-OH is 5. The zero-order chi connectivity index (χ0) is 52.2. The first-order valence-electron chi connectivity index (χ1n) is 31.2. The molecule has 7 atom stereocenters. The molecular weight excluding hydrogens is 899 g/mol. The summed E-state index contributed by atoms with van der Waals surface area (Å²) in [5.41, 5.74) is 0. The summed E-state index contributed by atoms with van der Waals surface area (Å²) < 4.78 is 11.3. The molecule has 0 spiro atoms. The summed E-state index contributed by atoms with van der Waals surface area (Å²) in [7, 11) is 0. The molecule has 1 aliphatic heterocycles. The Morgan fingerprint density at radius 3 is 1.19 bits per heavy atom. The highest BCUT2D eigenvalue weighted by Crippen LogP contribution is 2.23. The maximum atomic E-state index is 13.1. The minimum absolute atomic E-state index is 0.172. The Morgan fingerprint density at radius 2 is 0.819 bits per heavy atom. The van der Waals surface area contributed by atoms with Crippen LogP contribution in [0.1, 0.15) is 303 Å². The third kappa shape index (κ3) is 41.6. The number of allylic oxidation sites excluding steroid dienone is 5. The van der Waals surface area contributed by atoms with Gasteiger partial charge in [-0.1, -0.05) is 281 Å². The molecule has 0 saturated carbocycles. The van der Waals surface area contributed by atoms with Crippen molar-refractivity contribution in [1.29, 1.82) is 0 Å². The number of ether oxygens (including phenoxy) is 2. The third-order valence-corrected chi connectivity index (χ3v) is 15.0. The van der Waals surface area contributed by atoms with Crippen LogP contribution in [0.25, 0.3) is 0 Å². The Bertz CT molecular complexity index is 1230. The SMILES string of the molecule is CCCCCCC/C=C\C/C=C\CCCCCCCCCCCCCCCCCCCC(=O)NC(COC1OC(CO)C(O)C(O)C1O)C(O)/C=C/CCCCCCCCCCCCCCCCCCCC. The molecule has 1 amide bonds. The minimum atomic E-state index is -1.57. The van der Waals surface area contributed by atoms with Crippen LogP contribution in [0.2, 0.25) is 0 Å². The van der Waals surface area contributed by atoms with Gasteiger partial charge in [-0.2, -0.15) is 0 Å². The molecule has 1 rings (SSSR count). The van der Waals surface area contributed by atoms with Gasteiger partial charge in [0, 0.05) is 6.42 Å². The van der Waals surface area contributed by atoms with Crippen LogP contribution in [0.15, 0.2) is 36.5 Å². The van der Waals surface area contributed by atoms with Crippen molar-refractivity contribution in [3.8, 4) is 0 Å². The zero-order valence-electron chi connectivity index (χ0n) is 47.2. The van der Waals surface area contributed by atoms with E-state index in [1.165, 1.54) is 238 Å². The van der Waals surface area contributed by atoms with Gasteiger partial charge in [0.15, 0.2) is 6.29 Å². The number of carbonyl (C=O) groups is 1. The fourth-order valence-electron chi connectivity index (χ4n) is 10.0. The minimum Gasteiger partial charge on any atom is -0.394 e. The first kappa shape index (κ1) is 68.4. The maximum Gasteiger partial charge on any atom is 0.220 e. The Morgan fingerprint density at radius 1 is 0.472 bits per heavy atom. The summed E-state index contributed by atoms with van der Waals surface area (Å²) in [6.45, 7) is 3.81. The van der Waals surface area contributed by atoms with Crippen molar-refractivity contribution >= 4 is 5.91 Å². The van der Waals surface area contributed by atoms with Gasteiger partial charge in [0.05, 0.1) is 25.4 Å². The van der Waals surface area contributed by atoms with Crippen LogP contribution in [0, 0.1) is 0 Å². The predicted molar refractivity (Wildman–Crippen MR) is 304 cm³/mol. The van der Waals surface area contributed by atoms with Crippen molar-refractivity contribution in [2.75, 3.05) is 13.2 Å². The second kappa shape index (κ2) is 52.8. The monoisotopic (exact) mass is 1020 g/mol. The number of hydrogen-bond donors (Lipinski definition) is 6. The molecule has 7 unspecified atom stereocenters. The van der Waals surface area contributed by atoms with Crippen LogP contribution < -0.4 is 5.32 Å². The Hall–Kier alpha value is -1.59. The highest BCUT2D eigenvalue weighted by atomic mass is 16.7. The van der Waals surface area contributed by atoms with E-state index in [0.29, 0.717) is 6.42 Å². The van der Waals surface area contributed by atoms with E-state index < -0.39 is 49.5 Å². The van der Waals surface area contributed by atoms with E-state index in [0.717, 1.165) is 44.9 Å². The molecule has 1 aliphatic rings. The van der Waals surface area contributed by atoms with Gasteiger partial charge in [-0.15, -0.1) is 0 Å². The molecule has 1 heterocycles. The Kier molecular flexibility index (Phi) is 50.2. The fourth-order valence-corrected chi connectivity index (χ4v) is 10.0. The maximum absolute atomic E-state index is 13.1. The standard InChI is InChI=1S/C63H119NO8/c1-3-5-7-9-11-13-15-17-19-21-23-25-26-27-28-29-30-31-32-33-35-37-39-41-43-45-47-49-51-53-59(67)64-56(55-71-63-62(70)61(69)60(68)58(54-65)72-63)57(66)52-50-48-46-44-42-40-38-36-34-24-22-20-18-16-14-12-10-8-6-4-2/h15,17,21,23,50,52,56-58,60-63,65-66,68-70H,3-14,16,18-20,22,24-49,51,53-55H2,1-2H3,(H,64,67)/b17-15-,23-21-,52-50+. The van der Waals surface area contributed by atoms with Crippen LogP contribution in [0.5, 0.6) is 0 Å². The number of nitrogens with one attached hydrogen (secondary N) is 1. The van der Waals surface area contributed by atoms with E-state index >= 15 is 0 Å². The zero-order valence-corrected chi connectivity index (χ0v) is 47.2. The predicted octanol–water partition coefficient (Wildman–Crippen LogP) is 15.9. The van der Waals surface area contributed by atoms with Crippen molar-refractivity contribution in [1.82, 2.24) is 5.32 Å². The van der Waals surface area contributed by atoms with Gasteiger partial charge >= 0.3 is 0 Å². The van der Waals surface area contributed by atoms with E-state index in [-0.39, 0.29) is 12.5 Å². The molecule has 72 heavy (non-hydrogen) atoms. The highest BCUT2D eigenvalue weighted by Gasteiger charge is 2.44.